The van der Waals surface area contributed by atoms with Crippen molar-refractivity contribution in [2.24, 2.45) is 11.7 Å². The number of carbonyl (C=O) groups excluding carboxylic acids is 1. The minimum absolute atomic E-state index is 0. The number of ether oxygens (including phenoxy) is 2. The van der Waals surface area contributed by atoms with Crippen LogP contribution >= 0.6 is 12.4 Å². The molecule has 1 aliphatic heterocycles. The quantitative estimate of drug-likeness (QED) is 0.793. The maximum absolute atomic E-state index is 12.1. The summed E-state index contributed by atoms with van der Waals surface area (Å²) in [5.74, 6) is -0.529. The SMILES string of the molecule is COC(=O)C(N)C1CCN(Cc2ccc(OC(F)(F)F)cc2)CC1.Cl. The van der Waals surface area contributed by atoms with E-state index >= 15 is 0 Å². The summed E-state index contributed by atoms with van der Waals surface area (Å²) in [4.78, 5) is 13.6. The fourth-order valence-corrected chi connectivity index (χ4v) is 2.85. The molecule has 1 heterocycles. The number of hydrogen-bond acceptors (Lipinski definition) is 5. The first-order chi connectivity index (χ1) is 11.3. The highest BCUT2D eigenvalue weighted by Gasteiger charge is 2.31. The van der Waals surface area contributed by atoms with E-state index in [0.29, 0.717) is 6.54 Å². The summed E-state index contributed by atoms with van der Waals surface area (Å²) in [6.07, 6.45) is -3.11. The van der Waals surface area contributed by atoms with Crippen molar-refractivity contribution in [2.75, 3.05) is 20.2 Å². The lowest BCUT2D eigenvalue weighted by Gasteiger charge is -2.33. The topological polar surface area (TPSA) is 64.8 Å². The molecule has 0 saturated carbocycles. The Morgan fingerprint density at radius 1 is 1.28 bits per heavy atom. The van der Waals surface area contributed by atoms with E-state index in [9.17, 15) is 18.0 Å². The Kier molecular flexibility index (Phi) is 7.98. The zero-order chi connectivity index (χ0) is 17.7. The molecule has 1 unspecified atom stereocenters. The highest BCUT2D eigenvalue weighted by Crippen LogP contribution is 2.25. The van der Waals surface area contributed by atoms with Crippen LogP contribution in [0.4, 0.5) is 13.2 Å². The number of alkyl halides is 3. The Morgan fingerprint density at radius 2 is 1.84 bits per heavy atom. The summed E-state index contributed by atoms with van der Waals surface area (Å²) in [5.41, 5.74) is 6.77. The number of halogens is 4. The molecule has 1 atom stereocenters. The van der Waals surface area contributed by atoms with Crippen LogP contribution in [-0.2, 0) is 16.1 Å². The maximum atomic E-state index is 12.1. The van der Waals surface area contributed by atoms with E-state index in [-0.39, 0.29) is 24.1 Å². The van der Waals surface area contributed by atoms with Gasteiger partial charge in [-0.3, -0.25) is 9.69 Å². The predicted octanol–water partition coefficient (Wildman–Crippen LogP) is 2.72. The van der Waals surface area contributed by atoms with Gasteiger partial charge in [0.25, 0.3) is 0 Å². The number of hydrogen-bond donors (Lipinski definition) is 1. The van der Waals surface area contributed by atoms with Crippen molar-refractivity contribution in [3.63, 3.8) is 0 Å². The molecule has 5 nitrogen and oxygen atoms in total. The van der Waals surface area contributed by atoms with E-state index in [0.717, 1.165) is 31.5 Å². The zero-order valence-electron chi connectivity index (χ0n) is 13.8. The third-order valence-corrected chi connectivity index (χ3v) is 4.18. The largest absolute Gasteiger partial charge is 0.573 e. The van der Waals surface area contributed by atoms with Gasteiger partial charge in [-0.1, -0.05) is 12.1 Å². The number of carbonyl (C=O) groups is 1. The number of nitrogens with zero attached hydrogens (tertiary/aromatic N) is 1. The Bertz CT molecular complexity index is 547. The lowest BCUT2D eigenvalue weighted by atomic mass is 9.89. The number of benzene rings is 1. The Hall–Kier alpha value is -1.51. The lowest BCUT2D eigenvalue weighted by Crippen LogP contribution is -2.45. The summed E-state index contributed by atoms with van der Waals surface area (Å²) in [5, 5.41) is 0. The van der Waals surface area contributed by atoms with E-state index in [1.165, 1.54) is 19.2 Å². The van der Waals surface area contributed by atoms with Gasteiger partial charge in [-0.15, -0.1) is 25.6 Å². The molecule has 1 saturated heterocycles. The van der Waals surface area contributed by atoms with E-state index in [1.807, 2.05) is 0 Å². The smallest absolute Gasteiger partial charge is 0.468 e. The molecule has 1 aromatic carbocycles. The summed E-state index contributed by atoms with van der Waals surface area (Å²) < 4.78 is 44.9. The normalized spacial score (nSPS) is 17.5. The molecule has 0 amide bonds. The van der Waals surface area contributed by atoms with Crippen molar-refractivity contribution < 1.29 is 27.4 Å². The molecule has 0 aliphatic carbocycles. The standard InChI is InChI=1S/C16H21F3N2O3.ClH/c1-23-15(22)14(20)12-6-8-21(9-7-12)10-11-2-4-13(5-3-11)24-16(17,18)19;/h2-5,12,14H,6-10,20H2,1H3;1H. The second-order valence-corrected chi connectivity index (χ2v) is 5.85. The van der Waals surface area contributed by atoms with Crippen LogP contribution in [0.3, 0.4) is 0 Å². The van der Waals surface area contributed by atoms with Gasteiger partial charge in [0.2, 0.25) is 0 Å². The van der Waals surface area contributed by atoms with E-state index < -0.39 is 18.4 Å². The van der Waals surface area contributed by atoms with Gasteiger partial charge in [-0.25, -0.2) is 0 Å². The molecule has 142 valence electrons. The Labute approximate surface area is 150 Å². The van der Waals surface area contributed by atoms with Gasteiger partial charge >= 0.3 is 12.3 Å². The van der Waals surface area contributed by atoms with Gasteiger partial charge < -0.3 is 15.2 Å². The van der Waals surface area contributed by atoms with Crippen LogP contribution in [0.5, 0.6) is 5.75 Å². The van der Waals surface area contributed by atoms with E-state index in [4.69, 9.17) is 5.73 Å². The molecular weight excluding hydrogens is 361 g/mol. The van der Waals surface area contributed by atoms with Crippen molar-refractivity contribution in [1.82, 2.24) is 4.90 Å². The molecule has 0 spiro atoms. The summed E-state index contributed by atoms with van der Waals surface area (Å²) in [6.45, 7) is 2.18. The second-order valence-electron chi connectivity index (χ2n) is 5.85. The third kappa shape index (κ3) is 6.72. The first kappa shape index (κ1) is 21.5. The van der Waals surface area contributed by atoms with Gasteiger partial charge in [0, 0.05) is 6.54 Å². The fraction of sp³-hybridized carbons (Fsp3) is 0.562. The molecule has 0 bridgehead atoms. The van der Waals surface area contributed by atoms with Gasteiger partial charge in [0.15, 0.2) is 0 Å². The zero-order valence-corrected chi connectivity index (χ0v) is 14.6. The molecule has 0 aromatic heterocycles. The van der Waals surface area contributed by atoms with Gasteiger partial charge in [-0.05, 0) is 49.5 Å². The van der Waals surface area contributed by atoms with Crippen LogP contribution in [-0.4, -0.2) is 43.5 Å². The number of nitrogens with two attached hydrogens (primary N) is 1. The molecular formula is C16H22ClF3N2O3. The van der Waals surface area contributed by atoms with Crippen LogP contribution in [0.1, 0.15) is 18.4 Å². The van der Waals surface area contributed by atoms with Crippen LogP contribution in [0.15, 0.2) is 24.3 Å². The van der Waals surface area contributed by atoms with Gasteiger partial charge in [0.05, 0.1) is 7.11 Å². The summed E-state index contributed by atoms with van der Waals surface area (Å²) in [7, 11) is 1.32. The Balaban J connectivity index is 0.00000312. The number of piperidine rings is 1. The summed E-state index contributed by atoms with van der Waals surface area (Å²) in [6, 6.07) is 5.25. The monoisotopic (exact) mass is 382 g/mol. The molecule has 1 aromatic rings. The highest BCUT2D eigenvalue weighted by atomic mass is 35.5. The molecule has 9 heteroatoms. The molecule has 1 aliphatic rings. The number of esters is 1. The van der Waals surface area contributed by atoms with Crippen molar-refractivity contribution in [3.05, 3.63) is 29.8 Å². The number of methoxy groups -OCH3 is 1. The van der Waals surface area contributed by atoms with Gasteiger partial charge in [0.1, 0.15) is 11.8 Å². The average Bonchev–Trinajstić information content (AvgIpc) is 2.54. The fourth-order valence-electron chi connectivity index (χ4n) is 2.85. The molecule has 1 fully saturated rings. The van der Waals surface area contributed by atoms with Crippen molar-refractivity contribution in [3.8, 4) is 5.75 Å². The Morgan fingerprint density at radius 3 is 2.32 bits per heavy atom. The molecule has 25 heavy (non-hydrogen) atoms. The van der Waals surface area contributed by atoms with Crippen LogP contribution in [0.2, 0.25) is 0 Å². The molecule has 2 N–H and O–H groups in total. The van der Waals surface area contributed by atoms with Gasteiger partial charge in [-0.2, -0.15) is 0 Å². The number of rotatable bonds is 5. The predicted molar refractivity (Wildman–Crippen MR) is 88.4 cm³/mol. The van der Waals surface area contributed by atoms with Crippen molar-refractivity contribution >= 4 is 18.4 Å². The average molecular weight is 383 g/mol. The van der Waals surface area contributed by atoms with E-state index in [1.54, 1.807) is 12.1 Å². The summed E-state index contributed by atoms with van der Waals surface area (Å²) >= 11 is 0. The first-order valence-corrected chi connectivity index (χ1v) is 7.69. The lowest BCUT2D eigenvalue weighted by molar-refractivity contribution is -0.274. The molecule has 0 radical (unpaired) electrons. The van der Waals surface area contributed by atoms with Crippen molar-refractivity contribution in [1.29, 1.82) is 0 Å². The minimum Gasteiger partial charge on any atom is -0.468 e. The van der Waals surface area contributed by atoms with E-state index in [2.05, 4.69) is 14.4 Å². The molecule has 2 rings (SSSR count). The highest BCUT2D eigenvalue weighted by molar-refractivity contribution is 5.85. The van der Waals surface area contributed by atoms with Crippen LogP contribution < -0.4 is 10.5 Å². The van der Waals surface area contributed by atoms with Crippen LogP contribution in [0.25, 0.3) is 0 Å². The minimum atomic E-state index is -4.68. The first-order valence-electron chi connectivity index (χ1n) is 7.69. The van der Waals surface area contributed by atoms with Crippen LogP contribution in [0, 0.1) is 5.92 Å². The number of likely N-dealkylation sites (tertiary alicyclic amines) is 1. The third-order valence-electron chi connectivity index (χ3n) is 4.18. The maximum Gasteiger partial charge on any atom is 0.573 e. The second kappa shape index (κ2) is 9.26. The van der Waals surface area contributed by atoms with Crippen molar-refractivity contribution in [2.45, 2.75) is 31.8 Å².